The molecule has 1 aliphatic rings. The Morgan fingerprint density at radius 1 is 1.33 bits per heavy atom. The van der Waals surface area contributed by atoms with Crippen LogP contribution in [0.1, 0.15) is 31.7 Å². The summed E-state index contributed by atoms with van der Waals surface area (Å²) in [6.07, 6.45) is 1.57. The Morgan fingerprint density at radius 3 is 2.62 bits per heavy atom. The summed E-state index contributed by atoms with van der Waals surface area (Å²) in [6, 6.07) is 7.71. The zero-order valence-electron chi connectivity index (χ0n) is 14.2. The van der Waals surface area contributed by atoms with Crippen LogP contribution < -0.4 is 10.1 Å². The maximum atomic E-state index is 12.3. The van der Waals surface area contributed by atoms with Crippen LogP contribution in [0.3, 0.4) is 0 Å². The van der Waals surface area contributed by atoms with Gasteiger partial charge in [-0.2, -0.15) is 0 Å². The van der Waals surface area contributed by atoms with Crippen LogP contribution in [0.2, 0.25) is 0 Å². The van der Waals surface area contributed by atoms with Gasteiger partial charge in [0.2, 0.25) is 5.91 Å². The van der Waals surface area contributed by atoms with Gasteiger partial charge >= 0.3 is 5.97 Å². The molecule has 0 bridgehead atoms. The van der Waals surface area contributed by atoms with Gasteiger partial charge in [-0.1, -0.05) is 25.1 Å². The highest BCUT2D eigenvalue weighted by Gasteiger charge is 2.41. The van der Waals surface area contributed by atoms with Crippen LogP contribution in [0, 0.1) is 5.92 Å². The van der Waals surface area contributed by atoms with Gasteiger partial charge in [-0.05, 0) is 24.0 Å². The Morgan fingerprint density at radius 2 is 2.00 bits per heavy atom. The van der Waals surface area contributed by atoms with Crippen molar-refractivity contribution in [1.82, 2.24) is 5.32 Å². The Labute approximate surface area is 142 Å². The fourth-order valence-corrected chi connectivity index (χ4v) is 3.07. The van der Waals surface area contributed by atoms with Crippen molar-refractivity contribution in [3.05, 3.63) is 29.8 Å². The third-order valence-electron chi connectivity index (χ3n) is 4.43. The lowest BCUT2D eigenvalue weighted by Gasteiger charge is -2.34. The molecular weight excluding hydrogens is 310 g/mol. The molecule has 2 rings (SSSR count). The normalized spacial score (nSPS) is 17.8. The van der Waals surface area contributed by atoms with Crippen molar-refractivity contribution < 1.29 is 24.2 Å². The van der Waals surface area contributed by atoms with Crippen molar-refractivity contribution in [3.63, 3.8) is 0 Å². The van der Waals surface area contributed by atoms with Crippen molar-refractivity contribution in [1.29, 1.82) is 0 Å². The first-order valence-corrected chi connectivity index (χ1v) is 8.21. The standard InChI is InChI=1S/C18H25NO5/c1-13(11-14-5-3-4-6-15(14)23-2)12-16(20)19-18(17(21)22)7-9-24-10-8-18/h3-6,13H,7-12H2,1-2H3,(H,19,20)(H,21,22). The molecule has 1 amide bonds. The number of rotatable bonds is 7. The third-order valence-corrected chi connectivity index (χ3v) is 4.43. The molecule has 1 unspecified atom stereocenters. The van der Waals surface area contributed by atoms with E-state index in [1.54, 1.807) is 7.11 Å². The number of para-hydroxylation sites is 1. The van der Waals surface area contributed by atoms with E-state index in [0.717, 1.165) is 11.3 Å². The number of carbonyl (C=O) groups excluding carboxylic acids is 1. The number of ether oxygens (including phenoxy) is 2. The van der Waals surface area contributed by atoms with E-state index in [1.807, 2.05) is 31.2 Å². The van der Waals surface area contributed by atoms with Gasteiger partial charge in [-0.25, -0.2) is 4.79 Å². The molecule has 1 aromatic carbocycles. The highest BCUT2D eigenvalue weighted by molar-refractivity contribution is 5.87. The van der Waals surface area contributed by atoms with Crippen molar-refractivity contribution in [2.75, 3.05) is 20.3 Å². The molecule has 1 aromatic rings. The van der Waals surface area contributed by atoms with Gasteiger partial charge in [0.05, 0.1) is 7.11 Å². The smallest absolute Gasteiger partial charge is 0.329 e. The number of hydrogen-bond donors (Lipinski definition) is 2. The van der Waals surface area contributed by atoms with E-state index in [4.69, 9.17) is 9.47 Å². The molecular formula is C18H25NO5. The maximum absolute atomic E-state index is 12.3. The highest BCUT2D eigenvalue weighted by Crippen LogP contribution is 2.24. The molecule has 2 N–H and O–H groups in total. The second kappa shape index (κ2) is 8.15. The van der Waals surface area contributed by atoms with Crippen LogP contribution in [-0.2, 0) is 20.7 Å². The largest absolute Gasteiger partial charge is 0.496 e. The number of aliphatic carboxylic acids is 1. The van der Waals surface area contributed by atoms with E-state index in [-0.39, 0.29) is 18.2 Å². The van der Waals surface area contributed by atoms with Gasteiger partial charge in [0, 0.05) is 32.5 Å². The topological polar surface area (TPSA) is 84.9 Å². The summed E-state index contributed by atoms with van der Waals surface area (Å²) in [6.45, 7) is 2.68. The summed E-state index contributed by atoms with van der Waals surface area (Å²) in [4.78, 5) is 23.9. The average Bonchev–Trinajstić information content (AvgIpc) is 2.55. The van der Waals surface area contributed by atoms with Crippen molar-refractivity contribution in [3.8, 4) is 5.75 Å². The number of benzene rings is 1. The van der Waals surface area contributed by atoms with Gasteiger partial charge in [-0.3, -0.25) is 4.79 Å². The van der Waals surface area contributed by atoms with E-state index < -0.39 is 11.5 Å². The first-order chi connectivity index (χ1) is 11.5. The molecule has 1 fully saturated rings. The summed E-state index contributed by atoms with van der Waals surface area (Å²) in [5, 5.41) is 12.2. The average molecular weight is 335 g/mol. The molecule has 0 saturated carbocycles. The highest BCUT2D eigenvalue weighted by atomic mass is 16.5. The zero-order valence-corrected chi connectivity index (χ0v) is 14.2. The predicted molar refractivity (Wildman–Crippen MR) is 89.0 cm³/mol. The molecule has 6 heteroatoms. The van der Waals surface area contributed by atoms with E-state index in [1.165, 1.54) is 0 Å². The van der Waals surface area contributed by atoms with Gasteiger partial charge in [0.25, 0.3) is 0 Å². The summed E-state index contributed by atoms with van der Waals surface area (Å²) < 4.78 is 10.5. The molecule has 132 valence electrons. The first kappa shape index (κ1) is 18.3. The van der Waals surface area contributed by atoms with Crippen LogP contribution in [0.5, 0.6) is 5.75 Å². The number of carboxylic acids is 1. The molecule has 0 radical (unpaired) electrons. The lowest BCUT2D eigenvalue weighted by atomic mass is 9.89. The lowest BCUT2D eigenvalue weighted by molar-refractivity contribution is -0.152. The van der Waals surface area contributed by atoms with E-state index >= 15 is 0 Å². The Kier molecular flexibility index (Phi) is 6.20. The zero-order chi connectivity index (χ0) is 17.6. The molecule has 0 aromatic heterocycles. The fourth-order valence-electron chi connectivity index (χ4n) is 3.07. The van der Waals surface area contributed by atoms with Gasteiger partial charge in [0.15, 0.2) is 0 Å². The summed E-state index contributed by atoms with van der Waals surface area (Å²) >= 11 is 0. The minimum atomic E-state index is -1.19. The van der Waals surface area contributed by atoms with Crippen molar-refractivity contribution in [2.24, 2.45) is 5.92 Å². The van der Waals surface area contributed by atoms with Crippen LogP contribution in [0.25, 0.3) is 0 Å². The SMILES string of the molecule is COc1ccccc1CC(C)CC(=O)NC1(C(=O)O)CCOCC1. The number of carbonyl (C=O) groups is 2. The molecule has 1 saturated heterocycles. The summed E-state index contributed by atoms with van der Waals surface area (Å²) in [5.41, 5.74) is -0.154. The Hall–Kier alpha value is -2.08. The predicted octanol–water partition coefficient (Wildman–Crippen LogP) is 2.01. The quantitative estimate of drug-likeness (QED) is 0.796. The fraction of sp³-hybridized carbons (Fsp3) is 0.556. The monoisotopic (exact) mass is 335 g/mol. The molecule has 1 aliphatic heterocycles. The van der Waals surface area contributed by atoms with Gasteiger partial charge in [-0.15, -0.1) is 0 Å². The van der Waals surface area contributed by atoms with Crippen molar-refractivity contribution in [2.45, 2.75) is 38.1 Å². The number of amides is 1. The molecule has 24 heavy (non-hydrogen) atoms. The molecule has 0 spiro atoms. The summed E-state index contributed by atoms with van der Waals surface area (Å²) in [7, 11) is 1.62. The first-order valence-electron chi connectivity index (χ1n) is 8.21. The van der Waals surface area contributed by atoms with Gasteiger partial charge in [0.1, 0.15) is 11.3 Å². The number of carboxylic acid groups (broad SMARTS) is 1. The van der Waals surface area contributed by atoms with Gasteiger partial charge < -0.3 is 19.9 Å². The Balaban J connectivity index is 1.94. The molecule has 0 aliphatic carbocycles. The third kappa shape index (κ3) is 4.47. The van der Waals surface area contributed by atoms with E-state index in [0.29, 0.717) is 32.5 Å². The van der Waals surface area contributed by atoms with Crippen LogP contribution in [-0.4, -0.2) is 42.8 Å². The maximum Gasteiger partial charge on any atom is 0.329 e. The number of nitrogens with one attached hydrogen (secondary N) is 1. The van der Waals surface area contributed by atoms with Crippen LogP contribution in [0.4, 0.5) is 0 Å². The summed E-state index contributed by atoms with van der Waals surface area (Å²) in [5.74, 6) is -0.346. The van der Waals surface area contributed by atoms with Crippen molar-refractivity contribution >= 4 is 11.9 Å². The number of methoxy groups -OCH3 is 1. The number of hydrogen-bond acceptors (Lipinski definition) is 4. The minimum Gasteiger partial charge on any atom is -0.496 e. The van der Waals surface area contributed by atoms with E-state index in [9.17, 15) is 14.7 Å². The van der Waals surface area contributed by atoms with Crippen LogP contribution >= 0.6 is 0 Å². The molecule has 6 nitrogen and oxygen atoms in total. The van der Waals surface area contributed by atoms with Crippen LogP contribution in [0.15, 0.2) is 24.3 Å². The Bertz CT molecular complexity index is 581. The second-order valence-corrected chi connectivity index (χ2v) is 6.37. The lowest BCUT2D eigenvalue weighted by Crippen LogP contribution is -2.57. The second-order valence-electron chi connectivity index (χ2n) is 6.37. The molecule has 1 atom stereocenters. The minimum absolute atomic E-state index is 0.0759. The molecule has 1 heterocycles. The van der Waals surface area contributed by atoms with E-state index in [2.05, 4.69) is 5.32 Å².